The molecule has 6 heteroatoms. The summed E-state index contributed by atoms with van der Waals surface area (Å²) in [6, 6.07) is -0.471. The zero-order valence-corrected chi connectivity index (χ0v) is 15.3. The van der Waals surface area contributed by atoms with Gasteiger partial charge in [-0.3, -0.25) is 9.59 Å². The Labute approximate surface area is 140 Å². The Morgan fingerprint density at radius 3 is 2.41 bits per heavy atom. The lowest BCUT2D eigenvalue weighted by molar-refractivity contribution is -0.136. The molecule has 1 aliphatic rings. The molecule has 1 aliphatic heterocycles. The summed E-state index contributed by atoms with van der Waals surface area (Å²) in [5, 5.41) is 2.96. The molecule has 0 saturated carbocycles. The molecule has 5 nitrogen and oxygen atoms in total. The Morgan fingerprint density at radius 2 is 1.91 bits per heavy atom. The zero-order valence-electron chi connectivity index (χ0n) is 14.5. The van der Waals surface area contributed by atoms with Gasteiger partial charge in [-0.25, -0.2) is 0 Å². The molecule has 1 rings (SSSR count). The molecule has 2 amide bonds. The molecular weight excluding hydrogens is 302 g/mol. The number of likely N-dealkylation sites (tertiary alicyclic amines) is 1. The fourth-order valence-electron chi connectivity index (χ4n) is 2.45. The molecule has 1 saturated heterocycles. The summed E-state index contributed by atoms with van der Waals surface area (Å²) in [7, 11) is 0. The second-order valence-corrected chi connectivity index (χ2v) is 7.54. The van der Waals surface area contributed by atoms with Crippen LogP contribution in [0.1, 0.15) is 47.5 Å². The molecule has 3 N–H and O–H groups in total. The highest BCUT2D eigenvalue weighted by Gasteiger charge is 2.33. The van der Waals surface area contributed by atoms with E-state index in [2.05, 4.69) is 5.32 Å². The van der Waals surface area contributed by atoms with Crippen LogP contribution < -0.4 is 11.1 Å². The molecule has 1 unspecified atom stereocenters. The number of nitrogens with zero attached hydrogens (tertiary/aromatic N) is 1. The average Bonchev–Trinajstić information content (AvgIpc) is 2.42. The number of rotatable bonds is 4. The number of nitrogens with two attached hydrogens (primary N) is 1. The van der Waals surface area contributed by atoms with Gasteiger partial charge in [-0.2, -0.15) is 0 Å². The normalized spacial score (nSPS) is 20.3. The quantitative estimate of drug-likeness (QED) is 0.823. The molecule has 22 heavy (non-hydrogen) atoms. The van der Waals surface area contributed by atoms with Crippen LogP contribution in [-0.4, -0.2) is 42.4 Å². The largest absolute Gasteiger partial charge is 0.356 e. The Balaban J connectivity index is 0.00000441. The van der Waals surface area contributed by atoms with E-state index in [1.54, 1.807) is 0 Å². The summed E-state index contributed by atoms with van der Waals surface area (Å²) in [4.78, 5) is 25.9. The maximum absolute atomic E-state index is 12.5. The summed E-state index contributed by atoms with van der Waals surface area (Å²) in [6.07, 6.45) is 2.03. The molecule has 2 atom stereocenters. The number of halogens is 1. The first-order valence-corrected chi connectivity index (χ1v) is 7.95. The maximum Gasteiger partial charge on any atom is 0.240 e. The molecule has 0 aromatic rings. The van der Waals surface area contributed by atoms with Crippen LogP contribution in [0.25, 0.3) is 0 Å². The number of hydrogen-bond acceptors (Lipinski definition) is 3. The van der Waals surface area contributed by atoms with Crippen LogP contribution in [0.5, 0.6) is 0 Å². The third-order valence-corrected chi connectivity index (χ3v) is 4.12. The van der Waals surface area contributed by atoms with Gasteiger partial charge in [0.1, 0.15) is 0 Å². The van der Waals surface area contributed by atoms with Crippen LogP contribution >= 0.6 is 12.4 Å². The van der Waals surface area contributed by atoms with E-state index in [0.29, 0.717) is 19.0 Å². The molecular formula is C16H32ClN3O2. The highest BCUT2D eigenvalue weighted by molar-refractivity contribution is 5.85. The van der Waals surface area contributed by atoms with Gasteiger partial charge in [0.05, 0.1) is 6.04 Å². The van der Waals surface area contributed by atoms with Gasteiger partial charge in [-0.1, -0.05) is 34.6 Å². The standard InChI is InChI=1S/C16H31N3O2.ClH/c1-11(2)14(20)18-9-12-7-6-8-19(10-12)15(21)13(17)16(3,4)5;/h11-13H,6-10,17H2,1-5H3,(H,18,20);1H/t12?,13-;/m1./s1. The lowest BCUT2D eigenvalue weighted by Crippen LogP contribution is -2.53. The number of piperidine rings is 1. The van der Waals surface area contributed by atoms with Crippen LogP contribution in [0.15, 0.2) is 0 Å². The lowest BCUT2D eigenvalue weighted by Gasteiger charge is -2.37. The number of hydrogen-bond donors (Lipinski definition) is 2. The first-order valence-electron chi connectivity index (χ1n) is 7.95. The van der Waals surface area contributed by atoms with Crippen molar-refractivity contribution in [3.05, 3.63) is 0 Å². The van der Waals surface area contributed by atoms with Gasteiger partial charge in [0.25, 0.3) is 0 Å². The van der Waals surface area contributed by atoms with E-state index >= 15 is 0 Å². The van der Waals surface area contributed by atoms with Crippen LogP contribution in [0.3, 0.4) is 0 Å². The highest BCUT2D eigenvalue weighted by Crippen LogP contribution is 2.22. The van der Waals surface area contributed by atoms with Crippen LogP contribution in [0, 0.1) is 17.3 Å². The van der Waals surface area contributed by atoms with Crippen molar-refractivity contribution in [1.29, 1.82) is 0 Å². The molecule has 130 valence electrons. The minimum atomic E-state index is -0.471. The van der Waals surface area contributed by atoms with Crippen molar-refractivity contribution in [2.75, 3.05) is 19.6 Å². The summed E-state index contributed by atoms with van der Waals surface area (Å²) in [5.74, 6) is 0.436. The Morgan fingerprint density at radius 1 is 1.32 bits per heavy atom. The summed E-state index contributed by atoms with van der Waals surface area (Å²) in [5.41, 5.74) is 5.85. The van der Waals surface area contributed by atoms with E-state index in [9.17, 15) is 9.59 Å². The monoisotopic (exact) mass is 333 g/mol. The number of amides is 2. The molecule has 1 heterocycles. The molecule has 0 aromatic carbocycles. The smallest absolute Gasteiger partial charge is 0.240 e. The van der Waals surface area contributed by atoms with Crippen LogP contribution in [-0.2, 0) is 9.59 Å². The molecule has 0 bridgehead atoms. The zero-order chi connectivity index (χ0) is 16.2. The second kappa shape index (κ2) is 8.73. The second-order valence-electron chi connectivity index (χ2n) is 7.54. The van der Waals surface area contributed by atoms with Crippen LogP contribution in [0.4, 0.5) is 0 Å². The van der Waals surface area contributed by atoms with Gasteiger partial charge in [0.15, 0.2) is 0 Å². The minimum absolute atomic E-state index is 0. The van der Waals surface area contributed by atoms with Gasteiger partial charge in [-0.05, 0) is 24.2 Å². The van der Waals surface area contributed by atoms with Gasteiger partial charge >= 0.3 is 0 Å². The molecule has 0 spiro atoms. The Kier molecular flexibility index (Phi) is 8.40. The summed E-state index contributed by atoms with van der Waals surface area (Å²) in [6.45, 7) is 11.8. The van der Waals surface area contributed by atoms with Gasteiger partial charge in [-0.15, -0.1) is 12.4 Å². The van der Waals surface area contributed by atoms with Crippen molar-refractivity contribution in [1.82, 2.24) is 10.2 Å². The average molecular weight is 334 g/mol. The number of nitrogens with one attached hydrogen (secondary N) is 1. The predicted octanol–water partition coefficient (Wildman–Crippen LogP) is 1.79. The van der Waals surface area contributed by atoms with Crippen LogP contribution in [0.2, 0.25) is 0 Å². The van der Waals surface area contributed by atoms with E-state index in [-0.39, 0.29) is 35.6 Å². The topological polar surface area (TPSA) is 75.4 Å². The lowest BCUT2D eigenvalue weighted by atomic mass is 9.86. The summed E-state index contributed by atoms with van der Waals surface area (Å²) >= 11 is 0. The van der Waals surface area contributed by atoms with E-state index in [4.69, 9.17) is 5.73 Å². The summed E-state index contributed by atoms with van der Waals surface area (Å²) < 4.78 is 0. The first kappa shape index (κ1) is 21.2. The first-order chi connectivity index (χ1) is 9.62. The van der Waals surface area contributed by atoms with Crippen molar-refractivity contribution in [3.63, 3.8) is 0 Å². The molecule has 0 aliphatic carbocycles. The van der Waals surface area contributed by atoms with E-state index in [1.165, 1.54) is 0 Å². The van der Waals surface area contributed by atoms with Crippen molar-refractivity contribution in [2.45, 2.75) is 53.5 Å². The van der Waals surface area contributed by atoms with Crippen molar-refractivity contribution < 1.29 is 9.59 Å². The molecule has 0 aromatic heterocycles. The molecule has 0 radical (unpaired) electrons. The highest BCUT2D eigenvalue weighted by atomic mass is 35.5. The maximum atomic E-state index is 12.5. The van der Waals surface area contributed by atoms with E-state index in [0.717, 1.165) is 19.4 Å². The Bertz CT molecular complexity index is 380. The van der Waals surface area contributed by atoms with Gasteiger partial charge in [0, 0.05) is 25.6 Å². The SMILES string of the molecule is CC(C)C(=O)NCC1CCCN(C(=O)[C@@H](N)C(C)(C)C)C1.Cl. The van der Waals surface area contributed by atoms with E-state index < -0.39 is 6.04 Å². The predicted molar refractivity (Wildman–Crippen MR) is 91.8 cm³/mol. The van der Waals surface area contributed by atoms with Crippen molar-refractivity contribution in [3.8, 4) is 0 Å². The van der Waals surface area contributed by atoms with Gasteiger partial charge < -0.3 is 16.0 Å². The minimum Gasteiger partial charge on any atom is -0.356 e. The molecule has 1 fully saturated rings. The number of carbonyl (C=O) groups is 2. The van der Waals surface area contributed by atoms with E-state index in [1.807, 2.05) is 39.5 Å². The van der Waals surface area contributed by atoms with Crippen molar-refractivity contribution >= 4 is 24.2 Å². The Hall–Kier alpha value is -0.810. The third-order valence-electron chi connectivity index (χ3n) is 4.12. The van der Waals surface area contributed by atoms with Crippen molar-refractivity contribution in [2.24, 2.45) is 23.0 Å². The fraction of sp³-hybridized carbons (Fsp3) is 0.875. The fourth-order valence-corrected chi connectivity index (χ4v) is 2.45. The third kappa shape index (κ3) is 6.13. The van der Waals surface area contributed by atoms with Gasteiger partial charge in [0.2, 0.25) is 11.8 Å². The number of carbonyl (C=O) groups excluding carboxylic acids is 2.